The Labute approximate surface area is 214 Å². The Bertz CT molecular complexity index is 1030. The number of carbonyl (C=O) groups is 3. The van der Waals surface area contributed by atoms with Crippen LogP contribution in [-0.4, -0.2) is 60.4 Å². The molecule has 1 saturated heterocycles. The van der Waals surface area contributed by atoms with Gasteiger partial charge in [0, 0.05) is 0 Å². The van der Waals surface area contributed by atoms with Crippen LogP contribution in [0.1, 0.15) is 38.4 Å². The molecule has 0 aliphatic carbocycles. The van der Waals surface area contributed by atoms with E-state index >= 15 is 0 Å². The number of alkyl halides is 1. The first-order valence-corrected chi connectivity index (χ1v) is 15.2. The Morgan fingerprint density at radius 2 is 1.94 bits per heavy atom. The summed E-state index contributed by atoms with van der Waals surface area (Å²) in [6.07, 6.45) is -0.608. The van der Waals surface area contributed by atoms with E-state index < -0.39 is 44.8 Å². The van der Waals surface area contributed by atoms with Crippen LogP contribution < -0.4 is 31.8 Å². The number of aliphatic hydroxyl groups excluding tert-OH is 1. The molecule has 8 nitrogen and oxygen atoms in total. The fourth-order valence-electron chi connectivity index (χ4n) is 3.95. The van der Waals surface area contributed by atoms with Gasteiger partial charge in [-0.2, -0.15) is 0 Å². The van der Waals surface area contributed by atoms with Crippen LogP contribution in [0.5, 0.6) is 0 Å². The molecule has 0 spiro atoms. The number of carbonyl (C=O) groups excluding carboxylic acids is 3. The number of hydrogen-bond acceptors (Lipinski definition) is 6. The van der Waals surface area contributed by atoms with E-state index in [2.05, 4.69) is 15.6 Å². The van der Waals surface area contributed by atoms with Gasteiger partial charge in [-0.05, 0) is 12.5 Å². The van der Waals surface area contributed by atoms with Crippen LogP contribution in [0.4, 0.5) is 4.79 Å². The van der Waals surface area contributed by atoms with Crippen molar-refractivity contribution < 1.29 is 40.7 Å². The van der Waals surface area contributed by atoms with Gasteiger partial charge in [-0.1, -0.05) is 0 Å². The van der Waals surface area contributed by atoms with E-state index in [1.165, 1.54) is 4.90 Å². The number of thiazole rings is 1. The predicted octanol–water partition coefficient (Wildman–Crippen LogP) is -0.460. The number of nitrogens with one attached hydrogen (secondary N) is 2. The summed E-state index contributed by atoms with van der Waals surface area (Å²) in [6.45, 7) is 8.00. The summed E-state index contributed by atoms with van der Waals surface area (Å²) in [6, 6.07) is 6.39. The number of likely N-dealkylation sites (tertiary alicyclic amines) is 1. The second kappa shape index (κ2) is 11.1. The number of amides is 3. The van der Waals surface area contributed by atoms with Gasteiger partial charge in [0.15, 0.2) is 0 Å². The molecule has 2 aromatic rings. The van der Waals surface area contributed by atoms with Crippen molar-refractivity contribution >= 4 is 27.1 Å². The first-order valence-electron chi connectivity index (χ1n) is 11.1. The molecule has 1 aliphatic heterocycles. The molecule has 10 heteroatoms. The van der Waals surface area contributed by atoms with Gasteiger partial charge in [0.05, 0.1) is 16.1 Å². The third-order valence-corrected chi connectivity index (χ3v) is 8.10. The summed E-state index contributed by atoms with van der Waals surface area (Å²) < 4.78 is -0.121. The zero-order valence-electron chi connectivity index (χ0n) is 20.1. The molecule has 186 valence electrons. The van der Waals surface area contributed by atoms with Crippen molar-refractivity contribution in [2.45, 2.75) is 58.8 Å². The first kappa shape index (κ1) is 26.6. The minimum absolute atomic E-state index is 0.0729. The Hall–Kier alpha value is -2.05. The summed E-state index contributed by atoms with van der Waals surface area (Å²) >= 11 is 0.879. The maximum absolute atomic E-state index is 13.4. The van der Waals surface area contributed by atoms with Crippen molar-refractivity contribution in [1.82, 2.24) is 20.5 Å². The number of aliphatic hydroxyl groups is 1. The van der Waals surface area contributed by atoms with Crippen molar-refractivity contribution in [3.05, 3.63) is 41.0 Å². The number of rotatable bonds is 7. The van der Waals surface area contributed by atoms with Gasteiger partial charge < -0.3 is 0 Å². The molecule has 0 radical (unpaired) electrons. The zero-order valence-corrected chi connectivity index (χ0v) is 23.1. The van der Waals surface area contributed by atoms with Crippen LogP contribution in [0.25, 0.3) is 10.4 Å². The van der Waals surface area contributed by atoms with Gasteiger partial charge in [-0.25, -0.2) is 4.98 Å². The second-order valence-electron chi connectivity index (χ2n) is 9.48. The monoisotopic (exact) mass is 599 g/mol. The van der Waals surface area contributed by atoms with Crippen LogP contribution in [0.15, 0.2) is 29.8 Å². The molecule has 1 fully saturated rings. The summed E-state index contributed by atoms with van der Waals surface area (Å²) in [7, 11) is 0. The minimum atomic E-state index is -0.781. The van der Waals surface area contributed by atoms with E-state index in [1.807, 2.05) is 62.4 Å². The van der Waals surface area contributed by atoms with Crippen molar-refractivity contribution in [1.29, 1.82) is 0 Å². The Kier molecular flexibility index (Phi) is 8.69. The summed E-state index contributed by atoms with van der Waals surface area (Å²) in [5.74, 6) is -0.645. The Balaban J connectivity index is 1.67. The van der Waals surface area contributed by atoms with Gasteiger partial charge in [0.1, 0.15) is 0 Å². The SMILES string of the molecule is C[I-]C(=O)N[C@H](C(=O)N1C[C@H](O)C[C@H]1C(=O)NCc1ccc(-c2scnc2C)cc1)C(C)(C)C. The number of β-amino-alcohol motifs (C(OH)–C–C–N with tert-alkyl or cyclic N) is 1. The number of hydrogen-bond donors (Lipinski definition) is 3. The normalized spacial score (nSPS) is 19.2. The summed E-state index contributed by atoms with van der Waals surface area (Å²) in [5.41, 5.74) is 4.29. The van der Waals surface area contributed by atoms with E-state index in [1.54, 1.807) is 11.3 Å². The van der Waals surface area contributed by atoms with Crippen LogP contribution in [-0.2, 0) is 16.1 Å². The molecule has 3 amide bonds. The fourth-order valence-corrected chi connectivity index (χ4v) is 5.38. The molecule has 0 saturated carbocycles. The van der Waals surface area contributed by atoms with Crippen LogP contribution in [0, 0.1) is 12.3 Å². The van der Waals surface area contributed by atoms with Crippen molar-refractivity contribution in [3.63, 3.8) is 0 Å². The van der Waals surface area contributed by atoms with Gasteiger partial charge in [-0.15, -0.1) is 11.3 Å². The van der Waals surface area contributed by atoms with E-state index in [9.17, 15) is 19.5 Å². The topological polar surface area (TPSA) is 112 Å². The molecular formula is C24H32IN4O4S-. The summed E-state index contributed by atoms with van der Waals surface area (Å²) in [4.78, 5) is 47.1. The van der Waals surface area contributed by atoms with E-state index in [0.717, 1.165) is 21.7 Å². The molecule has 1 aromatic heterocycles. The Morgan fingerprint density at radius 3 is 2.50 bits per heavy atom. The average Bonchev–Trinajstić information content (AvgIpc) is 3.40. The third kappa shape index (κ3) is 6.33. The van der Waals surface area contributed by atoms with Crippen molar-refractivity contribution in [2.75, 3.05) is 11.5 Å². The first-order chi connectivity index (χ1) is 16.0. The fraction of sp³-hybridized carbons (Fsp3) is 0.500. The molecule has 3 N–H and O–H groups in total. The quantitative estimate of drug-likeness (QED) is 0.173. The van der Waals surface area contributed by atoms with Crippen LogP contribution in [0.3, 0.4) is 0 Å². The maximum atomic E-state index is 13.4. The number of aromatic nitrogens is 1. The number of aryl methyl sites for hydroxylation is 1. The number of nitrogens with zero attached hydrogens (tertiary/aromatic N) is 2. The van der Waals surface area contributed by atoms with Crippen molar-refractivity contribution in [2.24, 2.45) is 5.41 Å². The van der Waals surface area contributed by atoms with E-state index in [0.29, 0.717) is 6.54 Å². The molecule has 3 atom stereocenters. The van der Waals surface area contributed by atoms with Crippen LogP contribution in [0.2, 0.25) is 0 Å². The molecule has 2 heterocycles. The van der Waals surface area contributed by atoms with Gasteiger partial charge in [0.2, 0.25) is 0 Å². The molecule has 0 unspecified atom stereocenters. The van der Waals surface area contributed by atoms with Gasteiger partial charge >= 0.3 is 171 Å². The van der Waals surface area contributed by atoms with Gasteiger partial charge in [-0.3, -0.25) is 0 Å². The second-order valence-corrected chi connectivity index (χ2v) is 12.4. The summed E-state index contributed by atoms with van der Waals surface area (Å²) in [5, 5.41) is 16.0. The molecule has 1 aromatic carbocycles. The molecule has 34 heavy (non-hydrogen) atoms. The van der Waals surface area contributed by atoms with Crippen LogP contribution >= 0.6 is 11.3 Å². The zero-order chi connectivity index (χ0) is 25.0. The molecular weight excluding hydrogens is 567 g/mol. The van der Waals surface area contributed by atoms with Crippen molar-refractivity contribution in [3.8, 4) is 10.4 Å². The molecule has 0 bridgehead atoms. The standard InChI is InChI=1S/C24H32IN4O4S/c1-14-19(34-13-27-14)16-8-6-15(7-9-16)11-26-21(31)18-10-17(30)12-29(18)22(32)20(24(2,3)4)28-23(33)25-5/h6-9,13,17-18,20,30H,10-12H2,1-5H3,(H,26,31)(H,28,33)/q-1/t17-,18+,20-/m1/s1. The number of halogens is 1. The Morgan fingerprint density at radius 1 is 1.26 bits per heavy atom. The number of benzene rings is 1. The van der Waals surface area contributed by atoms with E-state index in [-0.39, 0.29) is 28.7 Å². The third-order valence-electron chi connectivity index (χ3n) is 5.84. The van der Waals surface area contributed by atoms with E-state index in [4.69, 9.17) is 0 Å². The molecule has 1 aliphatic rings. The predicted molar refractivity (Wildman–Crippen MR) is 128 cm³/mol. The molecule has 3 rings (SSSR count). The average molecular weight is 600 g/mol. The van der Waals surface area contributed by atoms with Gasteiger partial charge in [0.25, 0.3) is 0 Å².